The molecule has 1 aromatic rings. The van der Waals surface area contributed by atoms with Crippen LogP contribution in [0.4, 0.5) is 5.82 Å². The van der Waals surface area contributed by atoms with E-state index in [-0.39, 0.29) is 12.6 Å². The maximum atomic E-state index is 9.52. The van der Waals surface area contributed by atoms with E-state index in [1.165, 1.54) is 0 Å². The van der Waals surface area contributed by atoms with Crippen LogP contribution in [0.15, 0.2) is 18.3 Å². The molecule has 18 heavy (non-hydrogen) atoms. The van der Waals surface area contributed by atoms with Crippen molar-refractivity contribution < 1.29 is 9.84 Å². The Morgan fingerprint density at radius 3 is 3.11 bits per heavy atom. The van der Waals surface area contributed by atoms with Gasteiger partial charge < -0.3 is 14.7 Å². The fourth-order valence-corrected chi connectivity index (χ4v) is 2.47. The van der Waals surface area contributed by atoms with Crippen LogP contribution in [0.1, 0.15) is 26.7 Å². The normalized spacial score (nSPS) is 23.4. The molecule has 2 heterocycles. The summed E-state index contributed by atoms with van der Waals surface area (Å²) in [6.07, 6.45) is 3.86. The Morgan fingerprint density at radius 2 is 2.39 bits per heavy atom. The third-order valence-electron chi connectivity index (χ3n) is 3.55. The highest BCUT2D eigenvalue weighted by Gasteiger charge is 2.32. The molecule has 1 N–H and O–H groups in total. The van der Waals surface area contributed by atoms with Gasteiger partial charge in [0, 0.05) is 12.7 Å². The van der Waals surface area contributed by atoms with E-state index in [1.807, 2.05) is 12.1 Å². The minimum absolute atomic E-state index is 0.156. The number of rotatable bonds is 5. The summed E-state index contributed by atoms with van der Waals surface area (Å²) < 4.78 is 5.74. The Balaban J connectivity index is 2.21. The number of nitrogens with zero attached hydrogens (tertiary/aromatic N) is 2. The van der Waals surface area contributed by atoms with Crippen molar-refractivity contribution in [2.75, 3.05) is 24.7 Å². The van der Waals surface area contributed by atoms with Crippen LogP contribution < -0.4 is 9.64 Å². The van der Waals surface area contributed by atoms with E-state index in [1.54, 1.807) is 6.20 Å². The van der Waals surface area contributed by atoms with E-state index < -0.39 is 0 Å². The largest absolute Gasteiger partial charge is 0.490 e. The lowest BCUT2D eigenvalue weighted by molar-refractivity contribution is 0.243. The van der Waals surface area contributed by atoms with Crippen molar-refractivity contribution in [3.63, 3.8) is 0 Å². The first-order chi connectivity index (χ1) is 8.77. The van der Waals surface area contributed by atoms with Gasteiger partial charge in [-0.2, -0.15) is 0 Å². The van der Waals surface area contributed by atoms with Gasteiger partial charge in [0.25, 0.3) is 0 Å². The molecule has 2 rings (SSSR count). The summed E-state index contributed by atoms with van der Waals surface area (Å²) in [7, 11) is 0. The van der Waals surface area contributed by atoms with Crippen LogP contribution in [0.25, 0.3) is 0 Å². The first kappa shape index (κ1) is 13.1. The first-order valence-electron chi connectivity index (χ1n) is 6.73. The molecule has 0 spiro atoms. The van der Waals surface area contributed by atoms with Crippen LogP contribution in [0.5, 0.6) is 5.75 Å². The lowest BCUT2D eigenvalue weighted by Gasteiger charge is -2.27. The Kier molecular flexibility index (Phi) is 4.42. The standard InChI is InChI=1S/C14H22N2O2/c1-3-9-18-13-5-4-7-15-14(13)16-8-6-11(2)12(16)10-17/h4-5,7,11-12,17H,3,6,8-10H2,1-2H3. The van der Waals surface area contributed by atoms with Crippen molar-refractivity contribution in [2.45, 2.75) is 32.7 Å². The zero-order chi connectivity index (χ0) is 13.0. The topological polar surface area (TPSA) is 45.6 Å². The lowest BCUT2D eigenvalue weighted by Crippen LogP contribution is -2.36. The molecule has 1 aliphatic rings. The molecule has 0 aromatic carbocycles. The second kappa shape index (κ2) is 6.05. The Hall–Kier alpha value is -1.29. The van der Waals surface area contributed by atoms with Crippen molar-refractivity contribution >= 4 is 5.82 Å². The molecule has 0 amide bonds. The fraction of sp³-hybridized carbons (Fsp3) is 0.643. The summed E-state index contributed by atoms with van der Waals surface area (Å²) in [5.41, 5.74) is 0. The molecule has 1 aromatic heterocycles. The maximum absolute atomic E-state index is 9.52. The summed E-state index contributed by atoms with van der Waals surface area (Å²) >= 11 is 0. The lowest BCUT2D eigenvalue weighted by atomic mass is 10.0. The van der Waals surface area contributed by atoms with E-state index in [4.69, 9.17) is 4.74 Å². The quantitative estimate of drug-likeness (QED) is 0.869. The minimum Gasteiger partial charge on any atom is -0.490 e. The van der Waals surface area contributed by atoms with Crippen LogP contribution in [-0.2, 0) is 0 Å². The maximum Gasteiger partial charge on any atom is 0.171 e. The number of hydrogen-bond donors (Lipinski definition) is 1. The molecule has 100 valence electrons. The molecule has 0 bridgehead atoms. The van der Waals surface area contributed by atoms with Gasteiger partial charge in [-0.05, 0) is 30.9 Å². The van der Waals surface area contributed by atoms with Gasteiger partial charge in [-0.15, -0.1) is 0 Å². The van der Waals surface area contributed by atoms with Gasteiger partial charge >= 0.3 is 0 Å². The van der Waals surface area contributed by atoms with Crippen LogP contribution in [0.2, 0.25) is 0 Å². The highest BCUT2D eigenvalue weighted by Crippen LogP contribution is 2.33. The molecule has 4 heteroatoms. The van der Waals surface area contributed by atoms with Crippen molar-refractivity contribution in [1.29, 1.82) is 0 Å². The van der Waals surface area contributed by atoms with Gasteiger partial charge in [-0.3, -0.25) is 0 Å². The molecule has 4 nitrogen and oxygen atoms in total. The average Bonchev–Trinajstić information content (AvgIpc) is 2.77. The second-order valence-corrected chi connectivity index (χ2v) is 4.88. The number of hydrogen-bond acceptors (Lipinski definition) is 4. The van der Waals surface area contributed by atoms with Crippen LogP contribution in [0, 0.1) is 5.92 Å². The van der Waals surface area contributed by atoms with E-state index in [0.717, 1.165) is 31.0 Å². The van der Waals surface area contributed by atoms with Gasteiger partial charge in [0.15, 0.2) is 11.6 Å². The highest BCUT2D eigenvalue weighted by molar-refractivity contribution is 5.53. The number of aliphatic hydroxyl groups is 1. The summed E-state index contributed by atoms with van der Waals surface area (Å²) in [6.45, 7) is 6.07. The van der Waals surface area contributed by atoms with Crippen molar-refractivity contribution in [2.24, 2.45) is 5.92 Å². The smallest absolute Gasteiger partial charge is 0.171 e. The highest BCUT2D eigenvalue weighted by atomic mass is 16.5. The number of aliphatic hydroxyl groups excluding tert-OH is 1. The van der Waals surface area contributed by atoms with E-state index in [9.17, 15) is 5.11 Å². The molecule has 0 saturated carbocycles. The Bertz CT molecular complexity index is 384. The van der Waals surface area contributed by atoms with Crippen LogP contribution in [0.3, 0.4) is 0 Å². The molecule has 2 unspecified atom stereocenters. The minimum atomic E-state index is 0.156. The van der Waals surface area contributed by atoms with Gasteiger partial charge in [-0.1, -0.05) is 13.8 Å². The van der Waals surface area contributed by atoms with Crippen molar-refractivity contribution in [3.05, 3.63) is 18.3 Å². The molecule has 0 radical (unpaired) electrons. The van der Waals surface area contributed by atoms with Gasteiger partial charge in [0.05, 0.1) is 19.3 Å². The average molecular weight is 250 g/mol. The predicted octanol–water partition coefficient (Wildman–Crippen LogP) is 2.08. The number of aromatic nitrogens is 1. The summed E-state index contributed by atoms with van der Waals surface area (Å²) in [5.74, 6) is 2.19. The molecule has 1 fully saturated rings. The molecule has 1 aliphatic heterocycles. The number of ether oxygens (including phenoxy) is 1. The van der Waals surface area contributed by atoms with Gasteiger partial charge in [0.1, 0.15) is 0 Å². The van der Waals surface area contributed by atoms with Gasteiger partial charge in [-0.25, -0.2) is 4.98 Å². The fourth-order valence-electron chi connectivity index (χ4n) is 2.47. The van der Waals surface area contributed by atoms with E-state index in [2.05, 4.69) is 23.7 Å². The van der Waals surface area contributed by atoms with Crippen LogP contribution in [-0.4, -0.2) is 35.9 Å². The third-order valence-corrected chi connectivity index (χ3v) is 3.55. The molecular formula is C14H22N2O2. The molecule has 2 atom stereocenters. The third kappa shape index (κ3) is 2.58. The van der Waals surface area contributed by atoms with E-state index in [0.29, 0.717) is 12.5 Å². The summed E-state index contributed by atoms with van der Waals surface area (Å²) in [4.78, 5) is 6.61. The first-order valence-corrected chi connectivity index (χ1v) is 6.73. The van der Waals surface area contributed by atoms with E-state index >= 15 is 0 Å². The Morgan fingerprint density at radius 1 is 1.56 bits per heavy atom. The summed E-state index contributed by atoms with van der Waals surface area (Å²) in [6, 6.07) is 4.00. The monoisotopic (exact) mass is 250 g/mol. The zero-order valence-electron chi connectivity index (χ0n) is 11.2. The number of pyridine rings is 1. The van der Waals surface area contributed by atoms with Crippen molar-refractivity contribution in [3.8, 4) is 5.75 Å². The second-order valence-electron chi connectivity index (χ2n) is 4.88. The molecule has 0 aliphatic carbocycles. The zero-order valence-corrected chi connectivity index (χ0v) is 11.2. The SMILES string of the molecule is CCCOc1cccnc1N1CCC(C)C1CO. The molecular weight excluding hydrogens is 228 g/mol. The molecule has 1 saturated heterocycles. The van der Waals surface area contributed by atoms with Gasteiger partial charge in [0.2, 0.25) is 0 Å². The Labute approximate surface area is 109 Å². The number of anilines is 1. The predicted molar refractivity (Wildman–Crippen MR) is 72.0 cm³/mol. The van der Waals surface area contributed by atoms with Crippen molar-refractivity contribution in [1.82, 2.24) is 4.98 Å². The summed E-state index contributed by atoms with van der Waals surface area (Å²) in [5, 5.41) is 9.52. The van der Waals surface area contributed by atoms with Crippen LogP contribution >= 0.6 is 0 Å².